The number of phenols is 1. The summed E-state index contributed by atoms with van der Waals surface area (Å²) in [4.78, 5) is 40.7. The monoisotopic (exact) mass is 546 g/mol. The van der Waals surface area contributed by atoms with Gasteiger partial charge in [0, 0.05) is 24.4 Å². The molecule has 0 aliphatic rings. The normalized spacial score (nSPS) is 11.5. The molecule has 0 spiro atoms. The molecule has 10 nitrogen and oxygen atoms in total. The fourth-order valence-corrected chi connectivity index (χ4v) is 4.97. The summed E-state index contributed by atoms with van der Waals surface area (Å²) in [6.45, 7) is 12.3. The minimum Gasteiger partial charge on any atom is -0.508 e. The number of carbonyl (C=O) groups excluding carboxylic acids is 1. The van der Waals surface area contributed by atoms with E-state index in [1.54, 1.807) is 20.8 Å². The van der Waals surface area contributed by atoms with Crippen LogP contribution >= 0.6 is 11.3 Å². The van der Waals surface area contributed by atoms with Gasteiger partial charge in [0.15, 0.2) is 0 Å². The Morgan fingerprint density at radius 2 is 1.95 bits per heavy atom. The third-order valence-corrected chi connectivity index (χ3v) is 6.93. The van der Waals surface area contributed by atoms with E-state index in [1.807, 2.05) is 13.8 Å². The quantitative estimate of drug-likeness (QED) is 0.238. The number of aryl methyl sites for hydroxylation is 3. The van der Waals surface area contributed by atoms with Crippen LogP contribution in [0.5, 0.6) is 5.75 Å². The highest BCUT2D eigenvalue weighted by Crippen LogP contribution is 2.33. The lowest BCUT2D eigenvalue weighted by atomic mass is 10.0. The highest BCUT2D eigenvalue weighted by atomic mass is 32.1. The number of hydrogen-bond donors (Lipinski definition) is 4. The predicted octanol–water partition coefficient (Wildman–Crippen LogP) is 3.95. The van der Waals surface area contributed by atoms with Crippen LogP contribution in [-0.2, 0) is 23.3 Å². The van der Waals surface area contributed by atoms with Crippen molar-refractivity contribution in [3.63, 3.8) is 0 Å². The Hall–Kier alpha value is -3.80. The minimum atomic E-state index is -1.52. The Bertz CT molecular complexity index is 1470. The fourth-order valence-electron chi connectivity index (χ4n) is 3.80. The lowest BCUT2D eigenvalue weighted by Crippen LogP contribution is -2.56. The zero-order chi connectivity index (χ0) is 28.8. The van der Waals surface area contributed by atoms with E-state index in [0.29, 0.717) is 21.0 Å². The summed E-state index contributed by atoms with van der Waals surface area (Å²) in [6.07, 6.45) is 2.31. The number of hydrazone groups is 1. The van der Waals surface area contributed by atoms with Gasteiger partial charge in [-0.05, 0) is 64.8 Å². The van der Waals surface area contributed by atoms with Crippen LogP contribution in [0, 0.1) is 18.2 Å². The molecule has 0 bridgehead atoms. The summed E-state index contributed by atoms with van der Waals surface area (Å²) in [5.74, 6) is -1.14. The molecule has 12 heteroatoms. The molecular weight excluding hydrogens is 511 g/mol. The number of carbonyl (C=O) groups is 1. The first-order valence-corrected chi connectivity index (χ1v) is 13.1. The van der Waals surface area contributed by atoms with Gasteiger partial charge < -0.3 is 15.8 Å². The average Bonchev–Trinajstić information content (AvgIpc) is 3.18. The van der Waals surface area contributed by atoms with E-state index >= 15 is 0 Å². The number of anilines is 1. The first-order chi connectivity index (χ1) is 17.9. The summed E-state index contributed by atoms with van der Waals surface area (Å²) in [5.41, 5.74) is 0.756. The van der Waals surface area contributed by atoms with Gasteiger partial charge >= 0.3 is 5.69 Å². The van der Waals surface area contributed by atoms with Crippen LogP contribution < -0.4 is 22.0 Å². The van der Waals surface area contributed by atoms with Gasteiger partial charge in [-0.2, -0.15) is 5.10 Å². The van der Waals surface area contributed by atoms with Crippen molar-refractivity contribution in [3.8, 4) is 5.75 Å². The van der Waals surface area contributed by atoms with Crippen molar-refractivity contribution in [3.05, 3.63) is 56.0 Å². The molecule has 38 heavy (non-hydrogen) atoms. The molecule has 1 aromatic carbocycles. The summed E-state index contributed by atoms with van der Waals surface area (Å²) in [5, 5.41) is 24.6. The van der Waals surface area contributed by atoms with Crippen molar-refractivity contribution in [2.45, 2.75) is 73.0 Å². The molecule has 0 fully saturated rings. The molecule has 0 saturated heterocycles. The molecular formula is C26H35FN6O4S. The van der Waals surface area contributed by atoms with E-state index in [2.05, 4.69) is 15.8 Å². The second-order valence-electron chi connectivity index (χ2n) is 9.08. The molecule has 1 amide bonds. The standard InChI is InChI=1S/C24H29FN6O4S.C2H6/c1-13(2)28-22(34)24(4,5)31-20(33)18-14(3)19(29-27-10-9-26)36-21(18)30(23(31)35)11-8-15-12-16(25)6-7-17(15)32;1-2/h6-7,9-10,12-13,26,29,32H,8,11H2,1-5H3,(H,28,34);1-2H3/b26-9?,27-10-;. The molecule has 0 radical (unpaired) electrons. The summed E-state index contributed by atoms with van der Waals surface area (Å²) < 4.78 is 16.1. The summed E-state index contributed by atoms with van der Waals surface area (Å²) in [6, 6.07) is 3.35. The molecule has 0 saturated carbocycles. The zero-order valence-electron chi connectivity index (χ0n) is 22.7. The Morgan fingerprint density at radius 3 is 2.55 bits per heavy atom. The lowest BCUT2D eigenvalue weighted by Gasteiger charge is -2.27. The van der Waals surface area contributed by atoms with Gasteiger partial charge in [-0.25, -0.2) is 13.8 Å². The molecule has 4 N–H and O–H groups in total. The smallest absolute Gasteiger partial charge is 0.333 e. The number of fused-ring (bicyclic) bond motifs is 1. The number of aromatic nitrogens is 2. The number of phenolic OH excluding ortho intramolecular Hbond substituents is 1. The van der Waals surface area contributed by atoms with E-state index in [0.717, 1.165) is 28.2 Å². The second kappa shape index (κ2) is 12.6. The van der Waals surface area contributed by atoms with Crippen LogP contribution in [0.2, 0.25) is 0 Å². The first-order valence-electron chi connectivity index (χ1n) is 12.3. The maximum absolute atomic E-state index is 13.8. The Kier molecular flexibility index (Phi) is 10.1. The first kappa shape index (κ1) is 30.4. The number of halogens is 1. The van der Waals surface area contributed by atoms with E-state index in [4.69, 9.17) is 5.41 Å². The third-order valence-electron chi connectivity index (χ3n) is 5.71. The molecule has 0 atom stereocenters. The van der Waals surface area contributed by atoms with Crippen LogP contribution in [-0.4, -0.2) is 38.6 Å². The molecule has 0 aliphatic carbocycles. The zero-order valence-corrected chi connectivity index (χ0v) is 23.5. The van der Waals surface area contributed by atoms with Gasteiger partial charge in [-0.3, -0.25) is 19.6 Å². The topological polar surface area (TPSA) is 142 Å². The number of amides is 1. The maximum atomic E-state index is 13.8. The van der Waals surface area contributed by atoms with E-state index in [9.17, 15) is 23.9 Å². The average molecular weight is 547 g/mol. The second-order valence-corrected chi connectivity index (χ2v) is 10.1. The lowest BCUT2D eigenvalue weighted by molar-refractivity contribution is -0.129. The van der Waals surface area contributed by atoms with Crippen molar-refractivity contribution in [1.29, 1.82) is 5.41 Å². The molecule has 2 aromatic heterocycles. The van der Waals surface area contributed by atoms with Crippen LogP contribution in [0.1, 0.15) is 52.7 Å². The van der Waals surface area contributed by atoms with Crippen molar-refractivity contribution in [2.75, 3.05) is 5.43 Å². The number of nitrogens with zero attached hydrogens (tertiary/aromatic N) is 3. The molecule has 0 unspecified atom stereocenters. The van der Waals surface area contributed by atoms with Gasteiger partial charge in [0.2, 0.25) is 5.91 Å². The number of thiophene rings is 1. The number of rotatable bonds is 9. The number of hydrogen-bond acceptors (Lipinski definition) is 8. The minimum absolute atomic E-state index is 0.0116. The molecule has 3 rings (SSSR count). The fraction of sp³-hybridized carbons (Fsp3) is 0.423. The van der Waals surface area contributed by atoms with Crippen molar-refractivity contribution >= 4 is 44.9 Å². The number of benzene rings is 1. The van der Waals surface area contributed by atoms with E-state index in [1.165, 1.54) is 36.8 Å². The van der Waals surface area contributed by atoms with Gasteiger partial charge in [-0.15, -0.1) is 0 Å². The Labute approximate surface area is 224 Å². The third kappa shape index (κ3) is 6.18. The van der Waals surface area contributed by atoms with Gasteiger partial charge in [0.25, 0.3) is 5.56 Å². The molecule has 3 aromatic rings. The van der Waals surface area contributed by atoms with Crippen molar-refractivity contribution in [2.24, 2.45) is 5.10 Å². The SMILES string of the molecule is CC.Cc1c(N/N=C\C=N)sc2c1c(=O)n(C(C)(C)C(=O)NC(C)C)c(=O)n2CCc1cc(F)ccc1O. The Morgan fingerprint density at radius 1 is 1.29 bits per heavy atom. The largest absolute Gasteiger partial charge is 0.508 e. The maximum Gasteiger partial charge on any atom is 0.333 e. The van der Waals surface area contributed by atoms with Crippen LogP contribution in [0.25, 0.3) is 10.2 Å². The van der Waals surface area contributed by atoms with Gasteiger partial charge in [0.05, 0.1) is 11.6 Å². The number of nitrogens with one attached hydrogen (secondary N) is 3. The van der Waals surface area contributed by atoms with Crippen molar-refractivity contribution < 1.29 is 14.3 Å². The van der Waals surface area contributed by atoms with Crippen molar-refractivity contribution in [1.82, 2.24) is 14.5 Å². The van der Waals surface area contributed by atoms with Gasteiger partial charge in [0.1, 0.15) is 26.9 Å². The number of aromatic hydroxyl groups is 1. The van der Waals surface area contributed by atoms with Gasteiger partial charge in [-0.1, -0.05) is 25.2 Å². The van der Waals surface area contributed by atoms with Crippen LogP contribution in [0.3, 0.4) is 0 Å². The molecule has 206 valence electrons. The molecule has 2 heterocycles. The predicted molar refractivity (Wildman–Crippen MR) is 152 cm³/mol. The van der Waals surface area contributed by atoms with Crippen LogP contribution in [0.15, 0.2) is 32.9 Å². The molecule has 0 aliphatic heterocycles. The van der Waals surface area contributed by atoms with E-state index < -0.39 is 28.5 Å². The summed E-state index contributed by atoms with van der Waals surface area (Å²) in [7, 11) is 0. The highest BCUT2D eigenvalue weighted by molar-refractivity contribution is 7.22. The Balaban J connectivity index is 0.00000247. The highest BCUT2D eigenvalue weighted by Gasteiger charge is 2.35. The van der Waals surface area contributed by atoms with Crippen LogP contribution in [0.4, 0.5) is 9.39 Å². The summed E-state index contributed by atoms with van der Waals surface area (Å²) >= 11 is 1.12. The van der Waals surface area contributed by atoms with E-state index in [-0.39, 0.29) is 30.1 Å².